The van der Waals surface area contributed by atoms with Gasteiger partial charge >= 0.3 is 0 Å². The van der Waals surface area contributed by atoms with Crippen molar-refractivity contribution in [1.29, 1.82) is 0 Å². The molecule has 2 atom stereocenters. The van der Waals surface area contributed by atoms with Crippen molar-refractivity contribution in [2.45, 2.75) is 39.3 Å². The fraction of sp³-hybridized carbons (Fsp3) is 0.467. The van der Waals surface area contributed by atoms with Gasteiger partial charge in [-0.05, 0) is 25.5 Å². The van der Waals surface area contributed by atoms with Gasteiger partial charge < -0.3 is 15.4 Å². The third-order valence-corrected chi connectivity index (χ3v) is 2.87. The molecular weight excluding hydrogens is 275 g/mol. The molecule has 2 amide bonds. The molecule has 5 nitrogen and oxygen atoms in total. The summed E-state index contributed by atoms with van der Waals surface area (Å²) in [4.78, 5) is 22.6. The zero-order valence-electron chi connectivity index (χ0n) is 12.5. The van der Waals surface area contributed by atoms with Crippen LogP contribution in [0.5, 0.6) is 5.75 Å². The summed E-state index contributed by atoms with van der Waals surface area (Å²) in [6, 6.07) is 5.26. The Bertz CT molecular complexity index is 494. The van der Waals surface area contributed by atoms with Crippen LogP contribution in [0.4, 0.5) is 4.39 Å². The van der Waals surface area contributed by atoms with E-state index in [2.05, 4.69) is 10.6 Å². The molecule has 0 bridgehead atoms. The van der Waals surface area contributed by atoms with Crippen molar-refractivity contribution >= 4 is 11.8 Å². The van der Waals surface area contributed by atoms with Gasteiger partial charge in [0, 0.05) is 13.0 Å². The minimum Gasteiger partial charge on any atom is -0.489 e. The van der Waals surface area contributed by atoms with Crippen LogP contribution in [0.15, 0.2) is 24.3 Å². The summed E-state index contributed by atoms with van der Waals surface area (Å²) in [7, 11) is 0. The SMILES string of the molecule is CC[C@H](CNC(=O)[C@H](C)NC(C)=O)Oc1cccc(F)c1. The molecule has 0 saturated heterocycles. The Hall–Kier alpha value is -2.11. The number of ether oxygens (including phenoxy) is 1. The maximum atomic E-state index is 13.1. The number of nitrogens with one attached hydrogen (secondary N) is 2. The largest absolute Gasteiger partial charge is 0.489 e. The summed E-state index contributed by atoms with van der Waals surface area (Å²) in [5.41, 5.74) is 0. The number of hydrogen-bond acceptors (Lipinski definition) is 3. The van der Waals surface area contributed by atoms with E-state index in [0.29, 0.717) is 12.2 Å². The molecule has 0 aliphatic heterocycles. The molecule has 1 rings (SSSR count). The molecule has 21 heavy (non-hydrogen) atoms. The van der Waals surface area contributed by atoms with Gasteiger partial charge in [0.15, 0.2) is 0 Å². The van der Waals surface area contributed by atoms with Gasteiger partial charge in [0.25, 0.3) is 0 Å². The minimum absolute atomic E-state index is 0.263. The van der Waals surface area contributed by atoms with E-state index in [-0.39, 0.29) is 30.3 Å². The lowest BCUT2D eigenvalue weighted by Crippen LogP contribution is -2.46. The highest BCUT2D eigenvalue weighted by Gasteiger charge is 2.16. The average molecular weight is 296 g/mol. The van der Waals surface area contributed by atoms with Crippen molar-refractivity contribution in [3.05, 3.63) is 30.1 Å². The van der Waals surface area contributed by atoms with Gasteiger partial charge in [0.1, 0.15) is 23.7 Å². The van der Waals surface area contributed by atoms with Crippen LogP contribution in [0.2, 0.25) is 0 Å². The van der Waals surface area contributed by atoms with Crippen LogP contribution in [0.3, 0.4) is 0 Å². The lowest BCUT2D eigenvalue weighted by molar-refractivity contribution is -0.127. The number of carbonyl (C=O) groups is 2. The minimum atomic E-state index is -0.603. The van der Waals surface area contributed by atoms with E-state index in [1.807, 2.05) is 6.92 Å². The van der Waals surface area contributed by atoms with Gasteiger partial charge in [-0.25, -0.2) is 4.39 Å². The third-order valence-electron chi connectivity index (χ3n) is 2.87. The zero-order valence-corrected chi connectivity index (χ0v) is 12.5. The Morgan fingerprint density at radius 1 is 1.38 bits per heavy atom. The number of hydrogen-bond donors (Lipinski definition) is 2. The Kier molecular flexibility index (Phi) is 6.65. The van der Waals surface area contributed by atoms with Gasteiger partial charge in [-0.1, -0.05) is 13.0 Å². The van der Waals surface area contributed by atoms with E-state index in [1.54, 1.807) is 19.1 Å². The highest BCUT2D eigenvalue weighted by atomic mass is 19.1. The molecule has 0 aromatic heterocycles. The predicted molar refractivity (Wildman–Crippen MR) is 77.4 cm³/mol. The van der Waals surface area contributed by atoms with Crippen LogP contribution < -0.4 is 15.4 Å². The Morgan fingerprint density at radius 3 is 2.67 bits per heavy atom. The first kappa shape index (κ1) is 16.9. The molecule has 116 valence electrons. The molecule has 0 unspecified atom stereocenters. The van der Waals surface area contributed by atoms with Crippen molar-refractivity contribution < 1.29 is 18.7 Å². The van der Waals surface area contributed by atoms with E-state index < -0.39 is 6.04 Å². The van der Waals surface area contributed by atoms with Crippen LogP contribution in [0.25, 0.3) is 0 Å². The number of carbonyl (C=O) groups excluding carboxylic acids is 2. The molecule has 0 saturated carbocycles. The second-order valence-corrected chi connectivity index (χ2v) is 4.77. The van der Waals surface area contributed by atoms with Crippen LogP contribution in [0, 0.1) is 5.82 Å². The summed E-state index contributed by atoms with van der Waals surface area (Å²) in [6.45, 7) is 5.15. The van der Waals surface area contributed by atoms with E-state index in [0.717, 1.165) is 0 Å². The smallest absolute Gasteiger partial charge is 0.242 e. The third kappa shape index (κ3) is 6.25. The topological polar surface area (TPSA) is 67.4 Å². The zero-order chi connectivity index (χ0) is 15.8. The maximum Gasteiger partial charge on any atom is 0.242 e. The van der Waals surface area contributed by atoms with E-state index in [9.17, 15) is 14.0 Å². The molecule has 0 heterocycles. The molecular formula is C15H21FN2O3. The van der Waals surface area contributed by atoms with Gasteiger partial charge in [0.2, 0.25) is 11.8 Å². The number of rotatable bonds is 7. The van der Waals surface area contributed by atoms with Crippen molar-refractivity contribution in [1.82, 2.24) is 10.6 Å². The van der Waals surface area contributed by atoms with Crippen LogP contribution in [-0.2, 0) is 9.59 Å². The van der Waals surface area contributed by atoms with Crippen LogP contribution in [0.1, 0.15) is 27.2 Å². The second kappa shape index (κ2) is 8.24. The first-order valence-electron chi connectivity index (χ1n) is 6.89. The van der Waals surface area contributed by atoms with Crippen molar-refractivity contribution in [3.63, 3.8) is 0 Å². The molecule has 0 fully saturated rings. The van der Waals surface area contributed by atoms with Gasteiger partial charge in [0.05, 0.1) is 6.54 Å². The summed E-state index contributed by atoms with van der Waals surface area (Å²) < 4.78 is 18.7. The standard InChI is InChI=1S/C15H21FN2O3/c1-4-13(21-14-7-5-6-12(16)8-14)9-17-15(20)10(2)18-11(3)19/h5-8,10,13H,4,9H2,1-3H3,(H,17,20)(H,18,19)/t10-,13+/m0/s1. The average Bonchev–Trinajstić information content (AvgIpc) is 2.42. The van der Waals surface area contributed by atoms with Crippen molar-refractivity contribution in [3.8, 4) is 5.75 Å². The van der Waals surface area contributed by atoms with E-state index in [1.165, 1.54) is 19.1 Å². The van der Waals surface area contributed by atoms with Gasteiger partial charge in [-0.15, -0.1) is 0 Å². The first-order valence-corrected chi connectivity index (χ1v) is 6.89. The van der Waals surface area contributed by atoms with E-state index in [4.69, 9.17) is 4.74 Å². The molecule has 2 N–H and O–H groups in total. The number of halogens is 1. The predicted octanol–water partition coefficient (Wildman–Crippen LogP) is 1.62. The number of benzene rings is 1. The molecule has 0 aliphatic carbocycles. The highest BCUT2D eigenvalue weighted by molar-refractivity contribution is 5.86. The van der Waals surface area contributed by atoms with Gasteiger partial charge in [-0.3, -0.25) is 9.59 Å². The first-order chi connectivity index (χ1) is 9.92. The van der Waals surface area contributed by atoms with E-state index >= 15 is 0 Å². The fourth-order valence-electron chi connectivity index (χ4n) is 1.74. The van der Waals surface area contributed by atoms with Crippen molar-refractivity contribution in [2.24, 2.45) is 0 Å². The fourth-order valence-corrected chi connectivity index (χ4v) is 1.74. The summed E-state index contributed by atoms with van der Waals surface area (Å²) >= 11 is 0. The van der Waals surface area contributed by atoms with Gasteiger partial charge in [-0.2, -0.15) is 0 Å². The monoisotopic (exact) mass is 296 g/mol. The lowest BCUT2D eigenvalue weighted by atomic mass is 10.2. The number of amides is 2. The Balaban J connectivity index is 2.47. The molecule has 1 aromatic carbocycles. The normalized spacial score (nSPS) is 13.1. The summed E-state index contributed by atoms with van der Waals surface area (Å²) in [6.07, 6.45) is 0.394. The lowest BCUT2D eigenvalue weighted by Gasteiger charge is -2.20. The maximum absolute atomic E-state index is 13.1. The van der Waals surface area contributed by atoms with Crippen LogP contribution >= 0.6 is 0 Å². The highest BCUT2D eigenvalue weighted by Crippen LogP contribution is 2.14. The molecule has 6 heteroatoms. The summed E-state index contributed by atoms with van der Waals surface area (Å²) in [5.74, 6) is -0.496. The van der Waals surface area contributed by atoms with Crippen molar-refractivity contribution in [2.75, 3.05) is 6.54 Å². The summed E-state index contributed by atoms with van der Waals surface area (Å²) in [5, 5.41) is 5.20. The molecule has 0 aliphatic rings. The van der Waals surface area contributed by atoms with Crippen LogP contribution in [-0.4, -0.2) is 30.5 Å². The molecule has 1 aromatic rings. The molecule has 0 radical (unpaired) electrons. The second-order valence-electron chi connectivity index (χ2n) is 4.77. The quantitative estimate of drug-likeness (QED) is 0.803. The Morgan fingerprint density at radius 2 is 2.10 bits per heavy atom. The Labute approximate surface area is 123 Å². The molecule has 0 spiro atoms.